The third-order valence-electron chi connectivity index (χ3n) is 4.22. The van der Waals surface area contributed by atoms with Crippen LogP contribution in [0.1, 0.15) is 15.9 Å². The van der Waals surface area contributed by atoms with Crippen LogP contribution in [0, 0.1) is 6.92 Å². The third kappa shape index (κ3) is 4.70. The molecule has 3 aromatic carbocycles. The predicted molar refractivity (Wildman–Crippen MR) is 114 cm³/mol. The number of aryl methyl sites for hydroxylation is 1. The van der Waals surface area contributed by atoms with E-state index in [1.807, 2.05) is 19.1 Å². The van der Waals surface area contributed by atoms with Crippen molar-refractivity contribution in [3.05, 3.63) is 82.9 Å². The number of nitrogens with one attached hydrogen (secondary N) is 2. The second-order valence-electron chi connectivity index (χ2n) is 6.22. The van der Waals surface area contributed by atoms with Gasteiger partial charge < -0.3 is 10.1 Å². The number of para-hydroxylation sites is 1. The summed E-state index contributed by atoms with van der Waals surface area (Å²) in [6.07, 6.45) is 0. The highest BCUT2D eigenvalue weighted by Gasteiger charge is 2.22. The monoisotopic (exact) mass is 430 g/mol. The van der Waals surface area contributed by atoms with Crippen LogP contribution in [0.4, 0.5) is 11.4 Å². The Hall–Kier alpha value is -3.03. The molecule has 0 saturated heterocycles. The number of rotatable bonds is 6. The molecular formula is C21H19ClN2O4S. The molecule has 0 fully saturated rings. The minimum Gasteiger partial charge on any atom is -0.495 e. The van der Waals surface area contributed by atoms with Crippen LogP contribution in [0.5, 0.6) is 5.75 Å². The van der Waals surface area contributed by atoms with Crippen molar-refractivity contribution in [1.82, 2.24) is 0 Å². The quantitative estimate of drug-likeness (QED) is 0.593. The third-order valence-corrected chi connectivity index (χ3v) is 5.94. The molecule has 0 atom stereocenters. The number of sulfonamides is 1. The van der Waals surface area contributed by atoms with Crippen LogP contribution < -0.4 is 14.8 Å². The van der Waals surface area contributed by atoms with Gasteiger partial charge in [-0.05, 0) is 48.9 Å². The fraction of sp³-hybridized carbons (Fsp3) is 0.0952. The number of anilines is 2. The van der Waals surface area contributed by atoms with Crippen molar-refractivity contribution in [2.75, 3.05) is 17.1 Å². The Kier molecular flexibility index (Phi) is 6.10. The largest absolute Gasteiger partial charge is 0.495 e. The van der Waals surface area contributed by atoms with Gasteiger partial charge in [0, 0.05) is 11.3 Å². The van der Waals surface area contributed by atoms with Gasteiger partial charge in [0.25, 0.3) is 15.9 Å². The Morgan fingerprint density at radius 3 is 2.38 bits per heavy atom. The molecular weight excluding hydrogens is 412 g/mol. The zero-order valence-corrected chi connectivity index (χ0v) is 17.3. The standard InChI is InChI=1S/C21H19ClN2O4S/c1-14-7-3-4-8-16(14)21(25)23-15-11-12-19(28-2)20(13-15)29(26,27)24-18-10-6-5-9-17(18)22/h3-13,24H,1-2H3,(H,23,25). The molecule has 0 aromatic heterocycles. The second-order valence-corrected chi connectivity index (χ2v) is 8.28. The van der Waals surface area contributed by atoms with E-state index in [2.05, 4.69) is 10.0 Å². The summed E-state index contributed by atoms with van der Waals surface area (Å²) in [5.74, 6) is -0.200. The highest BCUT2D eigenvalue weighted by molar-refractivity contribution is 7.92. The van der Waals surface area contributed by atoms with Gasteiger partial charge in [0.1, 0.15) is 10.6 Å². The lowest BCUT2D eigenvalue weighted by Gasteiger charge is -2.14. The Morgan fingerprint density at radius 1 is 1.00 bits per heavy atom. The molecule has 3 rings (SSSR count). The molecule has 150 valence electrons. The van der Waals surface area contributed by atoms with Gasteiger partial charge in [0.05, 0.1) is 17.8 Å². The number of benzene rings is 3. The summed E-state index contributed by atoms with van der Waals surface area (Å²) in [5, 5.41) is 2.99. The van der Waals surface area contributed by atoms with E-state index in [0.29, 0.717) is 11.3 Å². The SMILES string of the molecule is COc1ccc(NC(=O)c2ccccc2C)cc1S(=O)(=O)Nc1ccccc1Cl. The molecule has 0 aliphatic heterocycles. The van der Waals surface area contributed by atoms with Crippen molar-refractivity contribution in [3.8, 4) is 5.75 Å². The number of halogens is 1. The lowest BCUT2D eigenvalue weighted by Crippen LogP contribution is -2.16. The number of hydrogen-bond acceptors (Lipinski definition) is 4. The summed E-state index contributed by atoms with van der Waals surface area (Å²) >= 11 is 6.06. The van der Waals surface area contributed by atoms with E-state index in [9.17, 15) is 13.2 Å². The average Bonchev–Trinajstić information content (AvgIpc) is 2.70. The van der Waals surface area contributed by atoms with Crippen molar-refractivity contribution in [2.45, 2.75) is 11.8 Å². The summed E-state index contributed by atoms with van der Waals surface area (Å²) in [6.45, 7) is 1.83. The van der Waals surface area contributed by atoms with E-state index in [0.717, 1.165) is 5.56 Å². The summed E-state index contributed by atoms with van der Waals surface area (Å²) in [7, 11) is -2.65. The van der Waals surface area contributed by atoms with Crippen molar-refractivity contribution in [2.24, 2.45) is 0 Å². The van der Waals surface area contributed by atoms with E-state index < -0.39 is 10.0 Å². The molecule has 0 aliphatic carbocycles. The molecule has 0 spiro atoms. The molecule has 29 heavy (non-hydrogen) atoms. The molecule has 2 N–H and O–H groups in total. The Labute approximate surface area is 174 Å². The van der Waals surface area contributed by atoms with Crippen molar-refractivity contribution < 1.29 is 17.9 Å². The maximum absolute atomic E-state index is 12.9. The number of carbonyl (C=O) groups excluding carboxylic acids is 1. The van der Waals surface area contributed by atoms with Crippen LogP contribution >= 0.6 is 11.6 Å². The molecule has 0 saturated carbocycles. The first kappa shape index (κ1) is 20.7. The van der Waals surface area contributed by atoms with Crippen LogP contribution in [0.25, 0.3) is 0 Å². The first-order chi connectivity index (χ1) is 13.8. The zero-order chi connectivity index (χ0) is 21.0. The molecule has 0 radical (unpaired) electrons. The van der Waals surface area contributed by atoms with Gasteiger partial charge in [-0.3, -0.25) is 9.52 Å². The maximum atomic E-state index is 12.9. The summed E-state index contributed by atoms with van der Waals surface area (Å²) in [5.41, 5.74) is 1.87. The van der Waals surface area contributed by atoms with Crippen molar-refractivity contribution in [1.29, 1.82) is 0 Å². The fourth-order valence-corrected chi connectivity index (χ4v) is 4.25. The van der Waals surface area contributed by atoms with E-state index in [1.165, 1.54) is 19.2 Å². The summed E-state index contributed by atoms with van der Waals surface area (Å²) < 4.78 is 33.5. The topological polar surface area (TPSA) is 84.5 Å². The Bertz CT molecular complexity index is 1160. The van der Waals surface area contributed by atoms with E-state index in [4.69, 9.17) is 16.3 Å². The Balaban J connectivity index is 1.94. The van der Waals surface area contributed by atoms with Gasteiger partial charge in [-0.15, -0.1) is 0 Å². The smallest absolute Gasteiger partial charge is 0.265 e. The Morgan fingerprint density at radius 2 is 1.69 bits per heavy atom. The second kappa shape index (κ2) is 8.55. The minimum absolute atomic E-state index is 0.123. The molecule has 0 bridgehead atoms. The van der Waals surface area contributed by atoms with Crippen LogP contribution in [0.15, 0.2) is 71.6 Å². The first-order valence-corrected chi connectivity index (χ1v) is 10.5. The van der Waals surface area contributed by atoms with Crippen molar-refractivity contribution >= 4 is 38.9 Å². The predicted octanol–water partition coefficient (Wildman–Crippen LogP) is 4.71. The van der Waals surface area contributed by atoms with Crippen molar-refractivity contribution in [3.63, 3.8) is 0 Å². The normalized spacial score (nSPS) is 11.0. The number of ether oxygens (including phenoxy) is 1. The molecule has 6 nitrogen and oxygen atoms in total. The molecule has 0 aliphatic rings. The number of hydrogen-bond donors (Lipinski definition) is 2. The fourth-order valence-electron chi connectivity index (χ4n) is 2.73. The van der Waals surface area contributed by atoms with E-state index >= 15 is 0 Å². The van der Waals surface area contributed by atoms with Gasteiger partial charge >= 0.3 is 0 Å². The lowest BCUT2D eigenvalue weighted by molar-refractivity contribution is 0.102. The number of methoxy groups -OCH3 is 1. The van der Waals surface area contributed by atoms with Gasteiger partial charge in [-0.2, -0.15) is 0 Å². The first-order valence-electron chi connectivity index (χ1n) is 8.64. The van der Waals surface area contributed by atoms with Crippen LogP contribution in [-0.4, -0.2) is 21.4 Å². The average molecular weight is 431 g/mol. The van der Waals surface area contributed by atoms with Crippen LogP contribution in [0.3, 0.4) is 0 Å². The molecule has 1 amide bonds. The van der Waals surface area contributed by atoms with E-state index in [1.54, 1.807) is 42.5 Å². The van der Waals surface area contributed by atoms with Gasteiger partial charge in [-0.1, -0.05) is 41.9 Å². The summed E-state index contributed by atoms with van der Waals surface area (Å²) in [4.78, 5) is 12.4. The highest BCUT2D eigenvalue weighted by atomic mass is 35.5. The zero-order valence-electron chi connectivity index (χ0n) is 15.8. The van der Waals surface area contributed by atoms with Crippen LogP contribution in [-0.2, 0) is 10.0 Å². The molecule has 0 heterocycles. The van der Waals surface area contributed by atoms with E-state index in [-0.39, 0.29) is 27.3 Å². The number of amides is 1. The van der Waals surface area contributed by atoms with Gasteiger partial charge in [0.15, 0.2) is 0 Å². The minimum atomic E-state index is -4.02. The maximum Gasteiger partial charge on any atom is 0.265 e. The van der Waals surface area contributed by atoms with Crippen LogP contribution in [0.2, 0.25) is 5.02 Å². The number of carbonyl (C=O) groups is 1. The molecule has 0 unspecified atom stereocenters. The molecule has 8 heteroatoms. The summed E-state index contributed by atoms with van der Waals surface area (Å²) in [6, 6.07) is 18.0. The van der Waals surface area contributed by atoms with Gasteiger partial charge in [0.2, 0.25) is 0 Å². The molecule has 3 aromatic rings. The van der Waals surface area contributed by atoms with Gasteiger partial charge in [-0.25, -0.2) is 8.42 Å². The highest BCUT2D eigenvalue weighted by Crippen LogP contribution is 2.31. The lowest BCUT2D eigenvalue weighted by atomic mass is 10.1.